The van der Waals surface area contributed by atoms with E-state index in [4.69, 9.17) is 5.21 Å². The maximum Gasteiger partial charge on any atom is 0.247 e. The van der Waals surface area contributed by atoms with Crippen molar-refractivity contribution in [3.05, 3.63) is 83.4 Å². The van der Waals surface area contributed by atoms with Crippen molar-refractivity contribution in [1.29, 1.82) is 0 Å². The maximum absolute atomic E-state index is 14.2. The van der Waals surface area contributed by atoms with E-state index in [0.29, 0.717) is 5.56 Å². The lowest BCUT2D eigenvalue weighted by molar-refractivity contribution is -0.130. The Hall–Kier alpha value is -2.99. The Morgan fingerprint density at radius 1 is 1.12 bits per heavy atom. The fourth-order valence-corrected chi connectivity index (χ4v) is 3.67. The van der Waals surface area contributed by atoms with Gasteiger partial charge in [-0.3, -0.25) is 10.0 Å². The number of aryl methyl sites for hydroxylation is 1. The van der Waals surface area contributed by atoms with Crippen LogP contribution in [0.15, 0.2) is 60.8 Å². The van der Waals surface area contributed by atoms with E-state index in [1.807, 2.05) is 43.5 Å². The van der Waals surface area contributed by atoms with Crippen molar-refractivity contribution < 1.29 is 14.4 Å². The molecule has 132 valence electrons. The van der Waals surface area contributed by atoms with E-state index >= 15 is 0 Å². The van der Waals surface area contributed by atoms with Crippen molar-refractivity contribution in [3.8, 4) is 5.69 Å². The van der Waals surface area contributed by atoms with Crippen LogP contribution in [0.5, 0.6) is 0 Å². The third-order valence-corrected chi connectivity index (χ3v) is 4.96. The van der Waals surface area contributed by atoms with Crippen LogP contribution in [0.2, 0.25) is 0 Å². The van der Waals surface area contributed by atoms with Crippen LogP contribution < -0.4 is 5.48 Å². The molecule has 0 bridgehead atoms. The number of carbonyl (C=O) groups excluding carboxylic acids is 1. The first-order chi connectivity index (χ1) is 12.6. The third-order valence-electron chi connectivity index (χ3n) is 4.96. The first-order valence-corrected chi connectivity index (χ1v) is 8.41. The second-order valence-electron chi connectivity index (χ2n) is 6.57. The molecule has 0 aliphatic heterocycles. The zero-order valence-electron chi connectivity index (χ0n) is 14.1. The van der Waals surface area contributed by atoms with E-state index in [2.05, 4.69) is 5.10 Å². The van der Waals surface area contributed by atoms with Crippen LogP contribution in [-0.2, 0) is 4.79 Å². The molecule has 1 fully saturated rings. The smallest absolute Gasteiger partial charge is 0.247 e. The minimum atomic E-state index is -0.491. The Balaban J connectivity index is 1.65. The minimum Gasteiger partial charge on any atom is -0.289 e. The van der Waals surface area contributed by atoms with Crippen LogP contribution in [0.1, 0.15) is 28.7 Å². The Bertz CT molecular complexity index is 952. The second kappa shape index (κ2) is 6.38. The highest BCUT2D eigenvalue weighted by atomic mass is 19.1. The molecule has 6 heteroatoms. The van der Waals surface area contributed by atoms with Gasteiger partial charge in [-0.1, -0.05) is 30.3 Å². The molecule has 3 atom stereocenters. The summed E-state index contributed by atoms with van der Waals surface area (Å²) in [6.45, 7) is 1.92. The predicted octanol–water partition coefficient (Wildman–Crippen LogP) is 3.32. The van der Waals surface area contributed by atoms with Gasteiger partial charge < -0.3 is 0 Å². The maximum atomic E-state index is 14.2. The molecule has 2 N–H and O–H groups in total. The first-order valence-electron chi connectivity index (χ1n) is 8.41. The minimum absolute atomic E-state index is 0.174. The lowest BCUT2D eigenvalue weighted by Gasteiger charge is -2.05. The van der Waals surface area contributed by atoms with Gasteiger partial charge in [0.15, 0.2) is 0 Å². The molecule has 1 aliphatic rings. The largest absolute Gasteiger partial charge is 0.289 e. The van der Waals surface area contributed by atoms with Gasteiger partial charge >= 0.3 is 0 Å². The molecule has 1 saturated carbocycles. The van der Waals surface area contributed by atoms with Crippen molar-refractivity contribution in [1.82, 2.24) is 15.3 Å². The van der Waals surface area contributed by atoms with Crippen molar-refractivity contribution in [3.63, 3.8) is 0 Å². The lowest BCUT2D eigenvalue weighted by atomic mass is 10.0. The number of hydrogen-bond donors (Lipinski definition) is 2. The van der Waals surface area contributed by atoms with E-state index < -0.39 is 11.8 Å². The van der Waals surface area contributed by atoms with Gasteiger partial charge in [-0.2, -0.15) is 5.10 Å². The second-order valence-corrected chi connectivity index (χ2v) is 6.57. The van der Waals surface area contributed by atoms with Crippen molar-refractivity contribution in [2.75, 3.05) is 0 Å². The summed E-state index contributed by atoms with van der Waals surface area (Å²) in [5.74, 6) is -1.78. The molecular weight excluding hydrogens is 333 g/mol. The van der Waals surface area contributed by atoms with Crippen LogP contribution >= 0.6 is 0 Å². The van der Waals surface area contributed by atoms with Crippen molar-refractivity contribution in [2.24, 2.45) is 5.92 Å². The summed E-state index contributed by atoms with van der Waals surface area (Å²) < 4.78 is 16.0. The van der Waals surface area contributed by atoms with Gasteiger partial charge in [0.25, 0.3) is 0 Å². The topological polar surface area (TPSA) is 67.2 Å². The number of benzene rings is 2. The lowest BCUT2D eigenvalue weighted by Crippen LogP contribution is -2.21. The molecular formula is C20H18FN3O2. The average molecular weight is 351 g/mol. The van der Waals surface area contributed by atoms with E-state index in [9.17, 15) is 9.18 Å². The molecule has 1 heterocycles. The fourth-order valence-electron chi connectivity index (χ4n) is 3.67. The Morgan fingerprint density at radius 2 is 1.85 bits per heavy atom. The Kier molecular flexibility index (Phi) is 4.05. The number of rotatable bonds is 4. The van der Waals surface area contributed by atoms with E-state index in [-0.39, 0.29) is 17.7 Å². The Labute approximate surface area is 150 Å². The number of nitrogens with one attached hydrogen (secondary N) is 1. The molecule has 0 saturated heterocycles. The molecule has 1 amide bonds. The summed E-state index contributed by atoms with van der Waals surface area (Å²) in [5, 5.41) is 13.4. The molecule has 1 aliphatic carbocycles. The molecule has 0 radical (unpaired) electrons. The highest BCUT2D eigenvalue weighted by molar-refractivity contribution is 5.84. The van der Waals surface area contributed by atoms with Gasteiger partial charge in [0.05, 0.1) is 17.3 Å². The number of nitrogens with zero attached hydrogens (tertiary/aromatic N) is 2. The summed E-state index contributed by atoms with van der Waals surface area (Å²) in [4.78, 5) is 12.0. The molecule has 26 heavy (non-hydrogen) atoms. The SMILES string of the molecule is Cc1ccn(-c2ccc([C@H]3[C@H](C(=O)NO)[C@@H]3c3ccccc3F)cc2)n1. The zero-order chi connectivity index (χ0) is 18.3. The molecule has 4 rings (SSSR count). The van der Waals surface area contributed by atoms with Crippen LogP contribution in [0, 0.1) is 18.7 Å². The van der Waals surface area contributed by atoms with Gasteiger partial charge in [0.2, 0.25) is 5.91 Å². The third kappa shape index (κ3) is 2.78. The predicted molar refractivity (Wildman–Crippen MR) is 93.6 cm³/mol. The summed E-state index contributed by atoms with van der Waals surface area (Å²) >= 11 is 0. The number of aromatic nitrogens is 2. The molecule has 1 aromatic heterocycles. The summed E-state index contributed by atoms with van der Waals surface area (Å²) in [6, 6.07) is 16.1. The van der Waals surface area contributed by atoms with Gasteiger partial charge in [0.1, 0.15) is 5.82 Å². The Morgan fingerprint density at radius 3 is 2.46 bits per heavy atom. The van der Waals surface area contributed by atoms with E-state index in [1.165, 1.54) is 6.07 Å². The number of hydrogen-bond acceptors (Lipinski definition) is 3. The average Bonchev–Trinajstić information content (AvgIpc) is 3.25. The summed E-state index contributed by atoms with van der Waals surface area (Å²) in [6.07, 6.45) is 1.88. The van der Waals surface area contributed by atoms with E-state index in [1.54, 1.807) is 28.4 Å². The van der Waals surface area contributed by atoms with Gasteiger partial charge in [-0.15, -0.1) is 0 Å². The molecule has 0 spiro atoms. The number of carbonyl (C=O) groups is 1. The number of amides is 1. The standard InChI is InChI=1S/C20H18FN3O2/c1-12-10-11-24(22-12)14-8-6-13(7-9-14)17-18(19(17)20(25)23-26)15-4-2-3-5-16(15)21/h2-11,17-19,26H,1H3,(H,23,25)/t17-,18-,19+/m1/s1. The highest BCUT2D eigenvalue weighted by Gasteiger charge is 2.56. The van der Waals surface area contributed by atoms with Crippen molar-refractivity contribution in [2.45, 2.75) is 18.8 Å². The first kappa shape index (κ1) is 16.5. The van der Waals surface area contributed by atoms with Crippen LogP contribution in [0.4, 0.5) is 4.39 Å². The highest BCUT2D eigenvalue weighted by Crippen LogP contribution is 2.60. The molecule has 2 aromatic carbocycles. The van der Waals surface area contributed by atoms with Gasteiger partial charge in [-0.25, -0.2) is 14.6 Å². The monoisotopic (exact) mass is 351 g/mol. The van der Waals surface area contributed by atoms with Crippen LogP contribution in [0.3, 0.4) is 0 Å². The fraction of sp³-hybridized carbons (Fsp3) is 0.200. The number of hydroxylamine groups is 1. The zero-order valence-corrected chi connectivity index (χ0v) is 14.1. The van der Waals surface area contributed by atoms with Crippen LogP contribution in [0.25, 0.3) is 5.69 Å². The summed E-state index contributed by atoms with van der Waals surface area (Å²) in [5.41, 5.74) is 4.98. The molecule has 3 aromatic rings. The quantitative estimate of drug-likeness (QED) is 0.560. The summed E-state index contributed by atoms with van der Waals surface area (Å²) in [7, 11) is 0. The molecule has 5 nitrogen and oxygen atoms in total. The van der Waals surface area contributed by atoms with Crippen LogP contribution in [-0.4, -0.2) is 20.9 Å². The number of halogens is 1. The molecule has 0 unspecified atom stereocenters. The van der Waals surface area contributed by atoms with Gasteiger partial charge in [-0.05, 0) is 42.3 Å². The van der Waals surface area contributed by atoms with E-state index in [0.717, 1.165) is 16.9 Å². The van der Waals surface area contributed by atoms with Crippen molar-refractivity contribution >= 4 is 5.91 Å². The normalized spacial score (nSPS) is 21.4. The van der Waals surface area contributed by atoms with Gasteiger partial charge in [0, 0.05) is 18.0 Å².